The summed E-state index contributed by atoms with van der Waals surface area (Å²) in [6, 6.07) is 20.6. The molecule has 0 aliphatic heterocycles. The Balaban J connectivity index is 1.45. The number of aromatic nitrogens is 3. The lowest BCUT2D eigenvalue weighted by Gasteiger charge is -2.10. The fourth-order valence-corrected chi connectivity index (χ4v) is 3.08. The standard InChI is InChI=1S/C23H22N6O/c1-3-24-21-14-22(26-15(2)25-21)27-17-9-11-18(12-10-17)28-23(30)20-13-8-16-6-4-5-7-19(16)29-20/h4-14H,3H2,1-2H3,(H,28,30)(H2,24,25,26,27). The van der Waals surface area contributed by atoms with Gasteiger partial charge in [0.15, 0.2) is 0 Å². The SMILES string of the molecule is CCNc1cc(Nc2ccc(NC(=O)c3ccc4ccccc4n3)cc2)nc(C)n1. The third-order valence-corrected chi connectivity index (χ3v) is 4.44. The minimum absolute atomic E-state index is 0.247. The number of para-hydroxylation sites is 1. The topological polar surface area (TPSA) is 91.8 Å². The quantitative estimate of drug-likeness (QED) is 0.434. The largest absolute Gasteiger partial charge is 0.370 e. The van der Waals surface area contributed by atoms with Crippen molar-refractivity contribution >= 4 is 39.8 Å². The molecular weight excluding hydrogens is 376 g/mol. The Bertz CT molecular complexity index is 1190. The maximum Gasteiger partial charge on any atom is 0.274 e. The van der Waals surface area contributed by atoms with Crippen molar-refractivity contribution in [3.63, 3.8) is 0 Å². The third-order valence-electron chi connectivity index (χ3n) is 4.44. The van der Waals surface area contributed by atoms with Crippen molar-refractivity contribution in [2.75, 3.05) is 22.5 Å². The van der Waals surface area contributed by atoms with Crippen LogP contribution in [0.5, 0.6) is 0 Å². The molecule has 0 aliphatic rings. The van der Waals surface area contributed by atoms with Gasteiger partial charge in [-0.1, -0.05) is 24.3 Å². The van der Waals surface area contributed by atoms with Gasteiger partial charge in [-0.25, -0.2) is 15.0 Å². The first kappa shape index (κ1) is 19.3. The predicted octanol–water partition coefficient (Wildman–Crippen LogP) is 4.76. The fourth-order valence-electron chi connectivity index (χ4n) is 3.08. The molecule has 4 aromatic rings. The van der Waals surface area contributed by atoms with Crippen molar-refractivity contribution in [1.29, 1.82) is 0 Å². The van der Waals surface area contributed by atoms with Crippen LogP contribution in [0.3, 0.4) is 0 Å². The van der Waals surface area contributed by atoms with E-state index in [4.69, 9.17) is 0 Å². The molecule has 2 aromatic carbocycles. The van der Waals surface area contributed by atoms with Crippen LogP contribution >= 0.6 is 0 Å². The van der Waals surface area contributed by atoms with Gasteiger partial charge >= 0.3 is 0 Å². The number of nitrogens with zero attached hydrogens (tertiary/aromatic N) is 3. The van der Waals surface area contributed by atoms with Gasteiger partial charge in [0.05, 0.1) is 5.52 Å². The van der Waals surface area contributed by atoms with Gasteiger partial charge in [0.2, 0.25) is 0 Å². The first-order valence-corrected chi connectivity index (χ1v) is 9.74. The zero-order valence-corrected chi connectivity index (χ0v) is 16.8. The summed E-state index contributed by atoms with van der Waals surface area (Å²) in [5.74, 6) is 1.92. The minimum Gasteiger partial charge on any atom is -0.370 e. The van der Waals surface area contributed by atoms with E-state index in [0.717, 1.165) is 29.0 Å². The summed E-state index contributed by atoms with van der Waals surface area (Å²) >= 11 is 0. The number of aryl methyl sites for hydroxylation is 1. The highest BCUT2D eigenvalue weighted by Crippen LogP contribution is 2.20. The van der Waals surface area contributed by atoms with E-state index < -0.39 is 0 Å². The minimum atomic E-state index is -0.247. The van der Waals surface area contributed by atoms with Crippen LogP contribution in [-0.4, -0.2) is 27.4 Å². The van der Waals surface area contributed by atoms with Gasteiger partial charge in [0.25, 0.3) is 5.91 Å². The molecule has 150 valence electrons. The van der Waals surface area contributed by atoms with Crippen LogP contribution in [0.4, 0.5) is 23.0 Å². The second-order valence-corrected chi connectivity index (χ2v) is 6.76. The zero-order valence-electron chi connectivity index (χ0n) is 16.8. The molecule has 0 bridgehead atoms. The van der Waals surface area contributed by atoms with Crippen LogP contribution in [-0.2, 0) is 0 Å². The monoisotopic (exact) mass is 398 g/mol. The molecule has 4 rings (SSSR count). The molecule has 0 saturated carbocycles. The molecule has 0 radical (unpaired) electrons. The molecule has 3 N–H and O–H groups in total. The number of anilines is 4. The Morgan fingerprint density at radius 3 is 2.40 bits per heavy atom. The number of carbonyl (C=O) groups is 1. The van der Waals surface area contributed by atoms with Gasteiger partial charge in [-0.05, 0) is 50.2 Å². The summed E-state index contributed by atoms with van der Waals surface area (Å²) < 4.78 is 0. The number of rotatable bonds is 6. The van der Waals surface area contributed by atoms with Crippen molar-refractivity contribution in [2.45, 2.75) is 13.8 Å². The maximum atomic E-state index is 12.6. The second kappa shape index (κ2) is 8.57. The molecule has 0 saturated heterocycles. The normalized spacial score (nSPS) is 10.6. The lowest BCUT2D eigenvalue weighted by molar-refractivity contribution is 0.102. The van der Waals surface area contributed by atoms with Crippen molar-refractivity contribution in [2.24, 2.45) is 0 Å². The van der Waals surface area contributed by atoms with Gasteiger partial charge in [0, 0.05) is 29.4 Å². The molecule has 7 nitrogen and oxygen atoms in total. The number of amides is 1. The number of hydrogen-bond donors (Lipinski definition) is 3. The Hall–Kier alpha value is -4.00. The highest BCUT2D eigenvalue weighted by atomic mass is 16.1. The molecule has 2 aromatic heterocycles. The van der Waals surface area contributed by atoms with Gasteiger partial charge in [-0.3, -0.25) is 4.79 Å². The molecule has 30 heavy (non-hydrogen) atoms. The van der Waals surface area contributed by atoms with E-state index in [1.54, 1.807) is 6.07 Å². The van der Waals surface area contributed by atoms with Crippen molar-refractivity contribution < 1.29 is 4.79 Å². The van der Waals surface area contributed by atoms with Crippen molar-refractivity contribution in [1.82, 2.24) is 15.0 Å². The number of carbonyl (C=O) groups excluding carboxylic acids is 1. The van der Waals surface area contributed by atoms with E-state index >= 15 is 0 Å². The zero-order chi connectivity index (χ0) is 20.9. The fraction of sp³-hybridized carbons (Fsp3) is 0.130. The summed E-state index contributed by atoms with van der Waals surface area (Å²) in [6.07, 6.45) is 0. The van der Waals surface area contributed by atoms with Crippen LogP contribution in [0, 0.1) is 6.92 Å². The van der Waals surface area contributed by atoms with E-state index in [2.05, 4.69) is 30.9 Å². The Morgan fingerprint density at radius 2 is 1.60 bits per heavy atom. The maximum absolute atomic E-state index is 12.6. The number of pyridine rings is 1. The lowest BCUT2D eigenvalue weighted by atomic mass is 10.2. The Labute approximate surface area is 174 Å². The average Bonchev–Trinajstić information content (AvgIpc) is 2.74. The van der Waals surface area contributed by atoms with E-state index in [-0.39, 0.29) is 5.91 Å². The average molecular weight is 398 g/mol. The second-order valence-electron chi connectivity index (χ2n) is 6.76. The summed E-state index contributed by atoms with van der Waals surface area (Å²) in [6.45, 7) is 4.66. The summed E-state index contributed by atoms with van der Waals surface area (Å²) in [7, 11) is 0. The first-order valence-electron chi connectivity index (χ1n) is 9.74. The molecule has 0 spiro atoms. The summed E-state index contributed by atoms with van der Waals surface area (Å²) in [4.78, 5) is 25.7. The number of benzene rings is 2. The molecule has 2 heterocycles. The van der Waals surface area contributed by atoms with Crippen LogP contribution in [0.2, 0.25) is 0 Å². The molecular formula is C23H22N6O. The van der Waals surface area contributed by atoms with Crippen LogP contribution < -0.4 is 16.0 Å². The van der Waals surface area contributed by atoms with Gasteiger partial charge < -0.3 is 16.0 Å². The summed E-state index contributed by atoms with van der Waals surface area (Å²) in [5.41, 5.74) is 2.72. The van der Waals surface area contributed by atoms with Crippen molar-refractivity contribution in [3.8, 4) is 0 Å². The number of fused-ring (bicyclic) bond motifs is 1. The number of hydrogen-bond acceptors (Lipinski definition) is 6. The Morgan fingerprint density at radius 1 is 0.867 bits per heavy atom. The molecule has 7 heteroatoms. The molecule has 0 fully saturated rings. The van der Waals surface area contributed by atoms with Crippen LogP contribution in [0.1, 0.15) is 23.2 Å². The number of nitrogens with one attached hydrogen (secondary N) is 3. The van der Waals surface area contributed by atoms with E-state index in [0.29, 0.717) is 23.0 Å². The Kier molecular flexibility index (Phi) is 5.52. The van der Waals surface area contributed by atoms with Gasteiger partial charge in [-0.15, -0.1) is 0 Å². The molecule has 0 aliphatic carbocycles. The van der Waals surface area contributed by atoms with Gasteiger partial charge in [-0.2, -0.15) is 0 Å². The molecule has 0 unspecified atom stereocenters. The molecule has 1 amide bonds. The predicted molar refractivity (Wildman–Crippen MR) is 120 cm³/mol. The molecule has 0 atom stereocenters. The van der Waals surface area contributed by atoms with Gasteiger partial charge in [0.1, 0.15) is 23.2 Å². The lowest BCUT2D eigenvalue weighted by Crippen LogP contribution is -2.13. The summed E-state index contributed by atoms with van der Waals surface area (Å²) in [5, 5.41) is 10.3. The van der Waals surface area contributed by atoms with E-state index in [1.165, 1.54) is 0 Å². The van der Waals surface area contributed by atoms with E-state index in [1.807, 2.05) is 74.5 Å². The third kappa shape index (κ3) is 4.52. The smallest absolute Gasteiger partial charge is 0.274 e. The highest BCUT2D eigenvalue weighted by Gasteiger charge is 2.09. The highest BCUT2D eigenvalue weighted by molar-refractivity contribution is 6.04. The van der Waals surface area contributed by atoms with Crippen LogP contribution in [0.25, 0.3) is 10.9 Å². The first-order chi connectivity index (χ1) is 14.6. The van der Waals surface area contributed by atoms with Crippen molar-refractivity contribution in [3.05, 3.63) is 78.2 Å². The van der Waals surface area contributed by atoms with Crippen LogP contribution in [0.15, 0.2) is 66.7 Å². The van der Waals surface area contributed by atoms with E-state index in [9.17, 15) is 4.79 Å².